The Labute approximate surface area is 130 Å². The average molecular weight is 315 g/mol. The van der Waals surface area contributed by atoms with E-state index in [1.807, 2.05) is 6.92 Å². The van der Waals surface area contributed by atoms with Gasteiger partial charge < -0.3 is 4.42 Å². The quantitative estimate of drug-likeness (QED) is 0.729. The molecular weight excluding hydrogens is 304 g/mol. The third-order valence-corrected chi connectivity index (χ3v) is 3.39. The number of rotatable bonds is 2. The van der Waals surface area contributed by atoms with Crippen LogP contribution in [-0.4, -0.2) is 9.55 Å². The average Bonchev–Trinajstić information content (AvgIpc) is 2.49. The molecule has 22 heavy (non-hydrogen) atoms. The third kappa shape index (κ3) is 2.71. The molecule has 2 aromatic carbocycles. The molecule has 1 heterocycles. The molecule has 0 N–H and O–H groups in total. The zero-order valence-corrected chi connectivity index (χ0v) is 12.4. The van der Waals surface area contributed by atoms with E-state index in [0.717, 1.165) is 10.1 Å². The van der Waals surface area contributed by atoms with Crippen LogP contribution in [0.25, 0.3) is 17.1 Å². The fourth-order valence-corrected chi connectivity index (χ4v) is 2.12. The van der Waals surface area contributed by atoms with Crippen LogP contribution in [0.1, 0.15) is 5.56 Å². The van der Waals surface area contributed by atoms with Crippen molar-refractivity contribution in [3.05, 3.63) is 80.2 Å². The van der Waals surface area contributed by atoms with E-state index in [4.69, 9.17) is 16.0 Å². The lowest BCUT2D eigenvalue weighted by atomic mass is 10.2. The molecule has 0 spiro atoms. The summed E-state index contributed by atoms with van der Waals surface area (Å²) in [6.45, 7) is 1.91. The predicted molar refractivity (Wildman–Crippen MR) is 83.6 cm³/mol. The lowest BCUT2D eigenvalue weighted by molar-refractivity contribution is 0.448. The van der Waals surface area contributed by atoms with Crippen molar-refractivity contribution in [2.24, 2.45) is 0 Å². The van der Waals surface area contributed by atoms with Gasteiger partial charge in [0.25, 0.3) is 0 Å². The maximum Gasteiger partial charge on any atom is 0.429 e. The number of nitrogens with zero attached hydrogens (tertiary/aromatic N) is 2. The second-order valence-corrected chi connectivity index (χ2v) is 5.18. The van der Waals surface area contributed by atoms with Gasteiger partial charge >= 0.3 is 11.4 Å². The van der Waals surface area contributed by atoms with E-state index in [1.54, 1.807) is 48.5 Å². The Balaban J connectivity index is 2.13. The lowest BCUT2D eigenvalue weighted by Crippen LogP contribution is -2.33. The maximum absolute atomic E-state index is 12.2. The minimum Gasteiger partial charge on any atom is -0.390 e. The van der Waals surface area contributed by atoms with Gasteiger partial charge in [-0.15, -0.1) is 0 Å². The van der Waals surface area contributed by atoms with Crippen LogP contribution in [0.2, 0.25) is 5.02 Å². The van der Waals surface area contributed by atoms with Crippen molar-refractivity contribution in [2.75, 3.05) is 0 Å². The van der Waals surface area contributed by atoms with Crippen LogP contribution in [0.15, 0.2) is 62.5 Å². The van der Waals surface area contributed by atoms with Crippen LogP contribution < -0.4 is 11.4 Å². The van der Waals surface area contributed by atoms with Crippen molar-refractivity contribution in [1.29, 1.82) is 0 Å². The first-order valence-electron chi connectivity index (χ1n) is 6.52. The highest BCUT2D eigenvalue weighted by molar-refractivity contribution is 6.30. The Hall–Kier alpha value is -2.66. The van der Waals surface area contributed by atoms with Crippen molar-refractivity contribution < 1.29 is 4.42 Å². The molecule has 6 heteroatoms. The standard InChI is InChI=1S/C16H11ClN2O3/c1-10-2-8-13(9-3-10)19-15(20)18-14(22-16(19)21)11-4-6-12(17)7-5-11/h2-9H,1H3. The van der Waals surface area contributed by atoms with E-state index in [0.29, 0.717) is 16.3 Å². The molecule has 0 saturated heterocycles. The Kier molecular flexibility index (Phi) is 3.65. The fraction of sp³-hybridized carbons (Fsp3) is 0.0625. The molecule has 0 atom stereocenters. The summed E-state index contributed by atoms with van der Waals surface area (Å²) in [7, 11) is 0. The number of halogens is 1. The molecule has 0 saturated carbocycles. The normalized spacial score (nSPS) is 10.6. The zero-order chi connectivity index (χ0) is 15.7. The lowest BCUT2D eigenvalue weighted by Gasteiger charge is -2.05. The molecule has 110 valence electrons. The van der Waals surface area contributed by atoms with Crippen LogP contribution in [0, 0.1) is 6.92 Å². The number of aromatic nitrogens is 2. The topological polar surface area (TPSA) is 65.1 Å². The Morgan fingerprint density at radius 2 is 1.64 bits per heavy atom. The van der Waals surface area contributed by atoms with Crippen molar-refractivity contribution in [3.63, 3.8) is 0 Å². The first kappa shape index (κ1) is 14.3. The summed E-state index contributed by atoms with van der Waals surface area (Å²) in [6, 6.07) is 13.4. The number of benzene rings is 2. The second-order valence-electron chi connectivity index (χ2n) is 4.75. The van der Waals surface area contributed by atoms with Crippen LogP contribution in [-0.2, 0) is 0 Å². The van der Waals surface area contributed by atoms with Crippen molar-refractivity contribution in [1.82, 2.24) is 9.55 Å². The molecule has 0 aliphatic carbocycles. The summed E-state index contributed by atoms with van der Waals surface area (Å²) >= 11 is 5.80. The molecule has 0 aliphatic heterocycles. The molecule has 5 nitrogen and oxygen atoms in total. The van der Waals surface area contributed by atoms with Gasteiger partial charge in [-0.1, -0.05) is 29.3 Å². The number of aryl methyl sites for hydroxylation is 1. The second kappa shape index (κ2) is 5.61. The smallest absolute Gasteiger partial charge is 0.390 e. The molecule has 1 aromatic heterocycles. The summed E-state index contributed by atoms with van der Waals surface area (Å²) in [6.07, 6.45) is 0. The van der Waals surface area contributed by atoms with Crippen LogP contribution in [0.4, 0.5) is 0 Å². The largest absolute Gasteiger partial charge is 0.429 e. The van der Waals surface area contributed by atoms with Gasteiger partial charge in [-0.2, -0.15) is 9.55 Å². The minimum atomic E-state index is -0.784. The first-order valence-corrected chi connectivity index (χ1v) is 6.89. The molecular formula is C16H11ClN2O3. The van der Waals surface area contributed by atoms with Crippen molar-refractivity contribution in [2.45, 2.75) is 6.92 Å². The molecule has 0 bridgehead atoms. The molecule has 3 aromatic rings. The monoisotopic (exact) mass is 314 g/mol. The SMILES string of the molecule is Cc1ccc(-n2c(=O)nc(-c3ccc(Cl)cc3)oc2=O)cc1. The van der Waals surface area contributed by atoms with Crippen molar-refractivity contribution in [3.8, 4) is 17.1 Å². The van der Waals surface area contributed by atoms with Gasteiger partial charge in [0.2, 0.25) is 5.89 Å². The highest BCUT2D eigenvalue weighted by atomic mass is 35.5. The van der Waals surface area contributed by atoms with Gasteiger partial charge in [0.15, 0.2) is 0 Å². The highest BCUT2D eigenvalue weighted by Gasteiger charge is 2.11. The van der Waals surface area contributed by atoms with Gasteiger partial charge in [0.05, 0.1) is 5.69 Å². The van der Waals surface area contributed by atoms with Gasteiger partial charge in [0, 0.05) is 10.6 Å². The van der Waals surface area contributed by atoms with E-state index < -0.39 is 11.4 Å². The Bertz CT molecular complexity index is 894. The Morgan fingerprint density at radius 1 is 1.00 bits per heavy atom. The third-order valence-electron chi connectivity index (χ3n) is 3.14. The van der Waals surface area contributed by atoms with Crippen LogP contribution >= 0.6 is 11.6 Å². The fourth-order valence-electron chi connectivity index (χ4n) is 1.99. The summed E-state index contributed by atoms with van der Waals surface area (Å²) in [5, 5.41) is 0.541. The summed E-state index contributed by atoms with van der Waals surface area (Å²) in [4.78, 5) is 28.1. The van der Waals surface area contributed by atoms with Crippen LogP contribution in [0.5, 0.6) is 0 Å². The highest BCUT2D eigenvalue weighted by Crippen LogP contribution is 2.17. The maximum atomic E-state index is 12.2. The van der Waals surface area contributed by atoms with E-state index >= 15 is 0 Å². The van der Waals surface area contributed by atoms with E-state index in [-0.39, 0.29) is 5.89 Å². The van der Waals surface area contributed by atoms with E-state index in [9.17, 15) is 9.59 Å². The van der Waals surface area contributed by atoms with E-state index in [2.05, 4.69) is 4.98 Å². The van der Waals surface area contributed by atoms with Gasteiger partial charge in [0.1, 0.15) is 0 Å². The molecule has 0 amide bonds. The molecule has 0 aliphatic rings. The summed E-state index contributed by atoms with van der Waals surface area (Å²) in [5.41, 5.74) is 1.26. The Morgan fingerprint density at radius 3 is 2.23 bits per heavy atom. The zero-order valence-electron chi connectivity index (χ0n) is 11.6. The van der Waals surface area contributed by atoms with Gasteiger partial charge in [-0.25, -0.2) is 9.59 Å². The molecule has 0 fully saturated rings. The number of hydrogen-bond acceptors (Lipinski definition) is 4. The van der Waals surface area contributed by atoms with E-state index in [1.165, 1.54) is 0 Å². The number of hydrogen-bond donors (Lipinski definition) is 0. The van der Waals surface area contributed by atoms with Crippen molar-refractivity contribution >= 4 is 11.6 Å². The summed E-state index contributed by atoms with van der Waals surface area (Å²) in [5.74, 6) is -0.816. The summed E-state index contributed by atoms with van der Waals surface area (Å²) < 4.78 is 6.04. The first-order chi connectivity index (χ1) is 10.5. The predicted octanol–water partition coefficient (Wildman–Crippen LogP) is 2.81. The van der Waals surface area contributed by atoms with Gasteiger partial charge in [-0.3, -0.25) is 0 Å². The molecule has 3 rings (SSSR count). The van der Waals surface area contributed by atoms with Crippen LogP contribution in [0.3, 0.4) is 0 Å². The van der Waals surface area contributed by atoms with Gasteiger partial charge in [-0.05, 0) is 43.3 Å². The molecule has 0 unspecified atom stereocenters. The minimum absolute atomic E-state index is 0.0324. The molecule has 0 radical (unpaired) electrons.